The molecule has 0 saturated carbocycles. The first-order chi connectivity index (χ1) is 8.10. The lowest BCUT2D eigenvalue weighted by molar-refractivity contribution is -0.137. The number of methoxy groups -OCH3 is 2. The van der Waals surface area contributed by atoms with Gasteiger partial charge in [0, 0.05) is 6.42 Å². The van der Waals surface area contributed by atoms with Crippen LogP contribution in [0.4, 0.5) is 0 Å². The Kier molecular flexibility index (Phi) is 5.28. The topological polar surface area (TPSA) is 55.8 Å². The number of rotatable bonds is 6. The molecule has 1 aromatic rings. The van der Waals surface area contributed by atoms with E-state index in [4.69, 9.17) is 14.6 Å². The Morgan fingerprint density at radius 3 is 2.59 bits per heavy atom. The molecule has 0 aliphatic carbocycles. The predicted molar refractivity (Wildman–Crippen MR) is 67.8 cm³/mol. The molecule has 0 unspecified atom stereocenters. The van der Waals surface area contributed by atoms with E-state index in [2.05, 4.69) is 15.9 Å². The molecule has 4 nitrogen and oxygen atoms in total. The highest BCUT2D eigenvalue weighted by Gasteiger charge is 2.12. The van der Waals surface area contributed by atoms with Crippen LogP contribution in [0.5, 0.6) is 11.5 Å². The van der Waals surface area contributed by atoms with Crippen LogP contribution in [0.3, 0.4) is 0 Å². The van der Waals surface area contributed by atoms with E-state index in [-0.39, 0.29) is 6.42 Å². The Labute approximate surface area is 109 Å². The van der Waals surface area contributed by atoms with Crippen LogP contribution in [0.15, 0.2) is 16.6 Å². The minimum Gasteiger partial charge on any atom is -0.495 e. The molecular weight excluding hydrogens is 288 g/mol. The Balaban J connectivity index is 2.85. The van der Waals surface area contributed by atoms with Crippen LogP contribution in [0, 0.1) is 0 Å². The number of carboxylic acids is 1. The summed E-state index contributed by atoms with van der Waals surface area (Å²) in [6.45, 7) is 0. The van der Waals surface area contributed by atoms with Crippen molar-refractivity contribution in [2.75, 3.05) is 14.2 Å². The molecule has 0 aliphatic rings. The zero-order valence-electron chi connectivity index (χ0n) is 9.83. The highest BCUT2D eigenvalue weighted by molar-refractivity contribution is 9.10. The van der Waals surface area contributed by atoms with E-state index in [0.29, 0.717) is 24.3 Å². The maximum Gasteiger partial charge on any atom is 0.303 e. The van der Waals surface area contributed by atoms with Gasteiger partial charge in [0.2, 0.25) is 0 Å². The second-order valence-corrected chi connectivity index (χ2v) is 4.31. The van der Waals surface area contributed by atoms with Gasteiger partial charge in [-0.2, -0.15) is 0 Å². The van der Waals surface area contributed by atoms with Crippen molar-refractivity contribution in [3.8, 4) is 11.5 Å². The number of aryl methyl sites for hydroxylation is 1. The maximum absolute atomic E-state index is 10.5. The number of aliphatic carboxylic acids is 1. The van der Waals surface area contributed by atoms with Crippen LogP contribution in [0.2, 0.25) is 0 Å². The SMILES string of the molecule is COc1ccc(CCCC(=O)O)c(OC)c1Br. The number of carboxylic acid groups (broad SMARTS) is 1. The molecule has 0 fully saturated rings. The lowest BCUT2D eigenvalue weighted by Gasteiger charge is -2.12. The van der Waals surface area contributed by atoms with E-state index in [1.807, 2.05) is 12.1 Å². The van der Waals surface area contributed by atoms with Gasteiger partial charge >= 0.3 is 5.97 Å². The highest BCUT2D eigenvalue weighted by atomic mass is 79.9. The van der Waals surface area contributed by atoms with Crippen LogP contribution in [0.25, 0.3) is 0 Å². The van der Waals surface area contributed by atoms with Gasteiger partial charge in [0.05, 0.1) is 14.2 Å². The first kappa shape index (κ1) is 13.8. The largest absolute Gasteiger partial charge is 0.495 e. The van der Waals surface area contributed by atoms with Crippen molar-refractivity contribution in [2.45, 2.75) is 19.3 Å². The third-order valence-corrected chi connectivity index (χ3v) is 3.15. The summed E-state index contributed by atoms with van der Waals surface area (Å²) in [7, 11) is 3.17. The fourth-order valence-electron chi connectivity index (χ4n) is 1.58. The van der Waals surface area contributed by atoms with Gasteiger partial charge in [-0.15, -0.1) is 0 Å². The number of benzene rings is 1. The second kappa shape index (κ2) is 6.49. The summed E-state index contributed by atoms with van der Waals surface area (Å²) in [5.41, 5.74) is 0.974. The highest BCUT2D eigenvalue weighted by Crippen LogP contribution is 2.37. The van der Waals surface area contributed by atoms with Gasteiger partial charge in [0.1, 0.15) is 16.0 Å². The predicted octanol–water partition coefficient (Wildman–Crippen LogP) is 2.87. The van der Waals surface area contributed by atoms with Crippen molar-refractivity contribution in [3.05, 3.63) is 22.2 Å². The van der Waals surface area contributed by atoms with Gasteiger partial charge in [-0.05, 0) is 40.4 Å². The van der Waals surface area contributed by atoms with Crippen LogP contribution in [-0.4, -0.2) is 25.3 Å². The van der Waals surface area contributed by atoms with Crippen molar-refractivity contribution in [1.82, 2.24) is 0 Å². The Morgan fingerprint density at radius 2 is 2.06 bits per heavy atom. The standard InChI is InChI=1S/C12H15BrO4/c1-16-9-7-6-8(4-3-5-10(14)15)12(17-2)11(9)13/h6-7H,3-5H2,1-2H3,(H,14,15). The molecule has 1 rings (SSSR count). The maximum atomic E-state index is 10.5. The Morgan fingerprint density at radius 1 is 1.35 bits per heavy atom. The number of hydrogen-bond donors (Lipinski definition) is 1. The van der Waals surface area contributed by atoms with E-state index >= 15 is 0 Å². The van der Waals surface area contributed by atoms with Crippen LogP contribution in [0.1, 0.15) is 18.4 Å². The van der Waals surface area contributed by atoms with Crippen molar-refractivity contribution in [1.29, 1.82) is 0 Å². The van der Waals surface area contributed by atoms with Crippen LogP contribution in [-0.2, 0) is 11.2 Å². The third-order valence-electron chi connectivity index (χ3n) is 2.40. The number of halogens is 1. The van der Waals surface area contributed by atoms with Gasteiger partial charge in [-0.25, -0.2) is 0 Å². The second-order valence-electron chi connectivity index (χ2n) is 3.52. The Hall–Kier alpha value is -1.23. The molecule has 5 heteroatoms. The zero-order valence-corrected chi connectivity index (χ0v) is 11.4. The van der Waals surface area contributed by atoms with Crippen molar-refractivity contribution >= 4 is 21.9 Å². The summed E-state index contributed by atoms with van der Waals surface area (Å²) in [6.07, 6.45) is 1.41. The van der Waals surface area contributed by atoms with Crippen LogP contribution < -0.4 is 9.47 Å². The number of carbonyl (C=O) groups is 1. The summed E-state index contributed by atoms with van der Waals surface area (Å²) in [6, 6.07) is 3.73. The zero-order chi connectivity index (χ0) is 12.8. The molecule has 0 amide bonds. The van der Waals surface area contributed by atoms with Gasteiger partial charge in [0.15, 0.2) is 0 Å². The quantitative estimate of drug-likeness (QED) is 0.878. The molecular formula is C12H15BrO4. The summed E-state index contributed by atoms with van der Waals surface area (Å²) in [4.78, 5) is 10.5. The molecule has 0 aliphatic heterocycles. The van der Waals surface area contributed by atoms with Gasteiger partial charge < -0.3 is 14.6 Å². The Bertz CT molecular complexity index is 404. The average Bonchev–Trinajstić information content (AvgIpc) is 2.29. The first-order valence-corrected chi connectivity index (χ1v) is 6.00. The molecule has 0 radical (unpaired) electrons. The van der Waals surface area contributed by atoms with Crippen molar-refractivity contribution in [3.63, 3.8) is 0 Å². The molecule has 0 atom stereocenters. The summed E-state index contributed by atoms with van der Waals surface area (Å²) in [5, 5.41) is 8.59. The van der Waals surface area contributed by atoms with E-state index < -0.39 is 5.97 Å². The minimum atomic E-state index is -0.781. The third kappa shape index (κ3) is 3.63. The monoisotopic (exact) mass is 302 g/mol. The van der Waals surface area contributed by atoms with E-state index in [1.165, 1.54) is 0 Å². The molecule has 1 N–H and O–H groups in total. The average molecular weight is 303 g/mol. The molecule has 0 heterocycles. The smallest absolute Gasteiger partial charge is 0.303 e. The molecule has 1 aromatic carbocycles. The van der Waals surface area contributed by atoms with Crippen molar-refractivity contribution in [2.24, 2.45) is 0 Å². The summed E-state index contributed by atoms with van der Waals surface area (Å²) >= 11 is 3.41. The first-order valence-electron chi connectivity index (χ1n) is 5.21. The van der Waals surface area contributed by atoms with Gasteiger partial charge in [-0.1, -0.05) is 6.07 Å². The molecule has 17 heavy (non-hydrogen) atoms. The lowest BCUT2D eigenvalue weighted by Crippen LogP contribution is -1.99. The number of hydrogen-bond acceptors (Lipinski definition) is 3. The number of ether oxygens (including phenoxy) is 2. The van der Waals surface area contributed by atoms with Gasteiger partial charge in [0.25, 0.3) is 0 Å². The van der Waals surface area contributed by atoms with E-state index in [0.717, 1.165) is 10.0 Å². The van der Waals surface area contributed by atoms with Crippen molar-refractivity contribution < 1.29 is 19.4 Å². The molecule has 0 saturated heterocycles. The molecule has 0 spiro atoms. The fraction of sp³-hybridized carbons (Fsp3) is 0.417. The van der Waals surface area contributed by atoms with E-state index in [9.17, 15) is 4.79 Å². The fourth-order valence-corrected chi connectivity index (χ4v) is 2.29. The molecule has 0 aromatic heterocycles. The van der Waals surface area contributed by atoms with E-state index in [1.54, 1.807) is 14.2 Å². The molecule has 94 valence electrons. The minimum absolute atomic E-state index is 0.160. The van der Waals surface area contributed by atoms with Gasteiger partial charge in [-0.3, -0.25) is 4.79 Å². The summed E-state index contributed by atoms with van der Waals surface area (Å²) < 4.78 is 11.2. The normalized spacial score (nSPS) is 10.1. The molecule has 0 bridgehead atoms. The lowest BCUT2D eigenvalue weighted by atomic mass is 10.1. The van der Waals surface area contributed by atoms with Crippen LogP contribution >= 0.6 is 15.9 Å². The summed E-state index contributed by atoms with van der Waals surface area (Å²) in [5.74, 6) is 0.620.